The molecule has 0 aliphatic heterocycles. The van der Waals surface area contributed by atoms with Gasteiger partial charge in [-0.3, -0.25) is 0 Å². The van der Waals surface area contributed by atoms with Crippen molar-refractivity contribution in [1.82, 2.24) is 4.98 Å². The van der Waals surface area contributed by atoms with Crippen molar-refractivity contribution in [3.05, 3.63) is 94.7 Å². The van der Waals surface area contributed by atoms with Gasteiger partial charge in [0, 0.05) is 0 Å². The maximum absolute atomic E-state index is 4.52. The summed E-state index contributed by atoms with van der Waals surface area (Å²) in [5.74, 6) is 0.439. The Morgan fingerprint density at radius 1 is 0.875 bits per heavy atom. The molecule has 1 atom stereocenters. The van der Waals surface area contributed by atoms with E-state index in [4.69, 9.17) is 0 Å². The Labute approximate surface area is 151 Å². The molecule has 3 rings (SSSR count). The minimum atomic E-state index is 0.367. The number of aryl methyl sites for hydroxylation is 3. The van der Waals surface area contributed by atoms with E-state index in [1.54, 1.807) is 0 Å². The van der Waals surface area contributed by atoms with Gasteiger partial charge in [-0.05, 0) is 0 Å². The first-order valence-corrected chi connectivity index (χ1v) is 10.4. The molecule has 0 unspecified atom stereocenters. The Kier molecular flexibility index (Phi) is 5.50. The van der Waals surface area contributed by atoms with Crippen molar-refractivity contribution in [3.8, 4) is 0 Å². The van der Waals surface area contributed by atoms with E-state index < -0.39 is 0 Å². The van der Waals surface area contributed by atoms with E-state index in [0.29, 0.717) is 20.9 Å². The molecule has 0 aliphatic carbocycles. The van der Waals surface area contributed by atoms with Gasteiger partial charge < -0.3 is 0 Å². The second-order valence-corrected chi connectivity index (χ2v) is 8.44. The van der Waals surface area contributed by atoms with Crippen LogP contribution in [0, 0.1) is 20.8 Å². The molecule has 2 aromatic carbocycles. The number of benzene rings is 2. The van der Waals surface area contributed by atoms with E-state index in [-0.39, 0.29) is 0 Å². The monoisotopic (exact) mass is 381 g/mol. The average Bonchev–Trinajstić information content (AvgIpc) is 2.58. The molecule has 0 fully saturated rings. The molecule has 1 heterocycles. The molecule has 3 aromatic rings. The summed E-state index contributed by atoms with van der Waals surface area (Å²) in [6.07, 6.45) is 1.90. The van der Waals surface area contributed by atoms with Crippen molar-refractivity contribution >= 4 is 19.5 Å². The summed E-state index contributed by atoms with van der Waals surface area (Å²) in [5, 5.41) is 1.14. The fourth-order valence-corrected chi connectivity index (χ4v) is 5.49. The van der Waals surface area contributed by atoms with Gasteiger partial charge >= 0.3 is 151 Å². The maximum atomic E-state index is 4.52. The normalized spacial score (nSPS) is 12.1. The van der Waals surface area contributed by atoms with Crippen LogP contribution >= 0.6 is 0 Å². The van der Waals surface area contributed by atoms with Gasteiger partial charge in [0.25, 0.3) is 0 Å². The van der Waals surface area contributed by atoms with Crippen LogP contribution in [0.3, 0.4) is 0 Å². The molecule has 0 bridgehead atoms. The van der Waals surface area contributed by atoms with Gasteiger partial charge in [-0.15, -0.1) is 0 Å². The SMILES string of the molecule is Cc1cc(C)c([C@@H](C[Se]c2ccccn2)c2ccccc2)c(C)c1. The Hall–Kier alpha value is -1.89. The molecular weight excluding hydrogens is 357 g/mol. The number of aromatic nitrogens is 1. The summed E-state index contributed by atoms with van der Waals surface area (Å²) in [5.41, 5.74) is 7.04. The Bertz CT molecular complexity index is 774. The molecule has 24 heavy (non-hydrogen) atoms. The van der Waals surface area contributed by atoms with E-state index in [1.165, 1.54) is 32.4 Å². The van der Waals surface area contributed by atoms with Crippen molar-refractivity contribution in [2.24, 2.45) is 0 Å². The van der Waals surface area contributed by atoms with Crippen molar-refractivity contribution in [3.63, 3.8) is 0 Å². The fraction of sp³-hybridized carbons (Fsp3) is 0.227. The van der Waals surface area contributed by atoms with Gasteiger partial charge in [0.05, 0.1) is 0 Å². The van der Waals surface area contributed by atoms with Crippen molar-refractivity contribution in [1.29, 1.82) is 0 Å². The van der Waals surface area contributed by atoms with E-state index in [1.807, 2.05) is 12.3 Å². The second-order valence-electron chi connectivity index (χ2n) is 6.25. The topological polar surface area (TPSA) is 12.9 Å². The van der Waals surface area contributed by atoms with Crippen LogP contribution in [0.4, 0.5) is 0 Å². The Morgan fingerprint density at radius 3 is 2.17 bits per heavy atom. The molecule has 0 amide bonds. The first-order chi connectivity index (χ1) is 11.6. The quantitative estimate of drug-likeness (QED) is 0.590. The van der Waals surface area contributed by atoms with Crippen molar-refractivity contribution < 1.29 is 0 Å². The number of hydrogen-bond donors (Lipinski definition) is 0. The van der Waals surface area contributed by atoms with Crippen LogP contribution in [0.25, 0.3) is 0 Å². The molecular formula is C22H23NSe. The van der Waals surface area contributed by atoms with E-state index >= 15 is 0 Å². The van der Waals surface area contributed by atoms with Gasteiger partial charge in [0.2, 0.25) is 0 Å². The molecule has 122 valence electrons. The van der Waals surface area contributed by atoms with Crippen LogP contribution in [-0.2, 0) is 0 Å². The molecule has 1 aromatic heterocycles. The number of rotatable bonds is 5. The second kappa shape index (κ2) is 7.79. The van der Waals surface area contributed by atoms with Gasteiger partial charge in [-0.2, -0.15) is 0 Å². The zero-order chi connectivity index (χ0) is 16.9. The van der Waals surface area contributed by atoms with E-state index in [0.717, 1.165) is 5.32 Å². The van der Waals surface area contributed by atoms with Crippen LogP contribution in [0.15, 0.2) is 66.9 Å². The Balaban J connectivity index is 1.97. The fourth-order valence-electron chi connectivity index (χ4n) is 3.37. The van der Waals surface area contributed by atoms with Gasteiger partial charge in [-0.1, -0.05) is 0 Å². The molecule has 1 nitrogen and oxygen atoms in total. The third-order valence-corrected chi connectivity index (χ3v) is 6.50. The summed E-state index contributed by atoms with van der Waals surface area (Å²) in [7, 11) is 0. The number of pyridine rings is 1. The summed E-state index contributed by atoms with van der Waals surface area (Å²) in [6, 6.07) is 21.8. The van der Waals surface area contributed by atoms with Crippen molar-refractivity contribution in [2.45, 2.75) is 32.0 Å². The van der Waals surface area contributed by atoms with Gasteiger partial charge in [-0.25, -0.2) is 0 Å². The van der Waals surface area contributed by atoms with Crippen LogP contribution in [0.1, 0.15) is 33.7 Å². The number of nitrogens with zero attached hydrogens (tertiary/aromatic N) is 1. The van der Waals surface area contributed by atoms with Crippen LogP contribution in [-0.4, -0.2) is 19.9 Å². The van der Waals surface area contributed by atoms with Crippen LogP contribution in [0.2, 0.25) is 5.32 Å². The van der Waals surface area contributed by atoms with Crippen molar-refractivity contribution in [2.75, 3.05) is 0 Å². The van der Waals surface area contributed by atoms with Crippen LogP contribution < -0.4 is 4.59 Å². The predicted octanol–water partition coefficient (Wildman–Crippen LogP) is 4.59. The summed E-state index contributed by atoms with van der Waals surface area (Å²) >= 11 is 0.367. The zero-order valence-electron chi connectivity index (χ0n) is 14.5. The first kappa shape index (κ1) is 16.9. The molecule has 0 radical (unpaired) electrons. The molecule has 0 aliphatic rings. The third-order valence-electron chi connectivity index (χ3n) is 4.32. The molecule has 0 saturated carbocycles. The summed E-state index contributed by atoms with van der Waals surface area (Å²) in [6.45, 7) is 6.68. The average molecular weight is 380 g/mol. The predicted molar refractivity (Wildman–Crippen MR) is 103 cm³/mol. The minimum absolute atomic E-state index is 0.367. The van der Waals surface area contributed by atoms with E-state index in [2.05, 4.69) is 80.4 Å². The molecule has 0 spiro atoms. The summed E-state index contributed by atoms with van der Waals surface area (Å²) < 4.78 is 1.23. The molecule has 2 heteroatoms. The Morgan fingerprint density at radius 2 is 1.54 bits per heavy atom. The van der Waals surface area contributed by atoms with E-state index in [9.17, 15) is 0 Å². The van der Waals surface area contributed by atoms with Crippen LogP contribution in [0.5, 0.6) is 0 Å². The number of hydrogen-bond acceptors (Lipinski definition) is 1. The third kappa shape index (κ3) is 3.95. The molecule has 0 saturated heterocycles. The zero-order valence-corrected chi connectivity index (χ0v) is 16.2. The molecule has 0 N–H and O–H groups in total. The van der Waals surface area contributed by atoms with Gasteiger partial charge in [0.15, 0.2) is 0 Å². The standard InChI is InChI=1S/C22H23NSe/c1-16-13-17(2)22(18(3)14-16)20(19-9-5-4-6-10-19)15-24-21-11-7-8-12-23-21/h4-14,20H,15H2,1-3H3/t20-/m0/s1. The summed E-state index contributed by atoms with van der Waals surface area (Å²) in [4.78, 5) is 4.52. The first-order valence-electron chi connectivity index (χ1n) is 8.31. The van der Waals surface area contributed by atoms with Gasteiger partial charge in [0.1, 0.15) is 0 Å².